The topological polar surface area (TPSA) is 76.6 Å². The van der Waals surface area contributed by atoms with Crippen LogP contribution in [-0.2, 0) is 0 Å². The van der Waals surface area contributed by atoms with E-state index in [1.54, 1.807) is 12.4 Å². The van der Waals surface area contributed by atoms with E-state index in [2.05, 4.69) is 21.4 Å². The Labute approximate surface area is 115 Å². The predicted molar refractivity (Wildman–Crippen MR) is 72.5 cm³/mol. The zero-order chi connectivity index (χ0) is 13.9. The fourth-order valence-corrected chi connectivity index (χ4v) is 2.05. The number of hydrogen-bond acceptors (Lipinski definition) is 5. The third kappa shape index (κ3) is 1.86. The Hall–Kier alpha value is -2.94. The van der Waals surface area contributed by atoms with Gasteiger partial charge in [-0.3, -0.25) is 0 Å². The Bertz CT molecular complexity index is 789. The molecular formula is C14H11N5O. The van der Waals surface area contributed by atoms with Crippen molar-refractivity contribution in [3.63, 3.8) is 0 Å². The highest BCUT2D eigenvalue weighted by molar-refractivity contribution is 5.89. The number of para-hydroxylation sites is 1. The summed E-state index contributed by atoms with van der Waals surface area (Å²) in [6, 6.07) is 9.70. The van der Waals surface area contributed by atoms with Crippen LogP contribution in [0.3, 0.4) is 0 Å². The van der Waals surface area contributed by atoms with Gasteiger partial charge in [-0.2, -0.15) is 5.26 Å². The van der Waals surface area contributed by atoms with E-state index >= 15 is 0 Å². The number of benzene rings is 1. The van der Waals surface area contributed by atoms with Crippen LogP contribution < -0.4 is 4.74 Å². The molecule has 1 aromatic carbocycles. The van der Waals surface area contributed by atoms with Crippen LogP contribution >= 0.6 is 0 Å². The van der Waals surface area contributed by atoms with Crippen LogP contribution in [0.1, 0.15) is 12.5 Å². The zero-order valence-electron chi connectivity index (χ0n) is 10.8. The molecule has 0 amide bonds. The lowest BCUT2D eigenvalue weighted by Gasteiger charge is -2.12. The number of nitriles is 1. The summed E-state index contributed by atoms with van der Waals surface area (Å²) in [7, 11) is 0. The Morgan fingerprint density at radius 2 is 2.20 bits per heavy atom. The summed E-state index contributed by atoms with van der Waals surface area (Å²) in [5.41, 5.74) is 1.11. The van der Waals surface area contributed by atoms with Crippen molar-refractivity contribution in [3.05, 3.63) is 42.2 Å². The maximum atomic E-state index is 9.45. The van der Waals surface area contributed by atoms with Crippen LogP contribution in [0.25, 0.3) is 16.7 Å². The molecule has 0 atom stereocenters. The van der Waals surface area contributed by atoms with Gasteiger partial charge in [0.2, 0.25) is 0 Å². The summed E-state index contributed by atoms with van der Waals surface area (Å²) in [6.07, 6.45) is 3.19. The third-order valence-corrected chi connectivity index (χ3v) is 2.87. The zero-order valence-corrected chi connectivity index (χ0v) is 10.8. The van der Waals surface area contributed by atoms with Gasteiger partial charge in [0, 0.05) is 5.39 Å². The molecule has 0 bridgehead atoms. The van der Waals surface area contributed by atoms with Crippen molar-refractivity contribution >= 4 is 10.9 Å². The predicted octanol–water partition coefficient (Wildman–Crippen LogP) is 2.09. The summed E-state index contributed by atoms with van der Waals surface area (Å²) >= 11 is 0. The van der Waals surface area contributed by atoms with Gasteiger partial charge >= 0.3 is 0 Å². The molecule has 3 aromatic rings. The lowest BCUT2D eigenvalue weighted by atomic mass is 10.1. The highest BCUT2D eigenvalue weighted by atomic mass is 16.5. The van der Waals surface area contributed by atoms with E-state index in [-0.39, 0.29) is 0 Å². The number of aromatic nitrogens is 4. The maximum Gasteiger partial charge on any atom is 0.177 e. The first kappa shape index (κ1) is 12.1. The summed E-state index contributed by atoms with van der Waals surface area (Å²) in [4.78, 5) is 4.49. The Morgan fingerprint density at radius 1 is 1.35 bits per heavy atom. The summed E-state index contributed by atoms with van der Waals surface area (Å²) < 4.78 is 7.12. The molecule has 0 N–H and O–H groups in total. The first-order valence-electron chi connectivity index (χ1n) is 6.17. The van der Waals surface area contributed by atoms with Gasteiger partial charge in [0.15, 0.2) is 5.82 Å². The van der Waals surface area contributed by atoms with E-state index in [0.717, 1.165) is 10.9 Å². The fraction of sp³-hybridized carbons (Fsp3) is 0.143. The smallest absolute Gasteiger partial charge is 0.177 e. The van der Waals surface area contributed by atoms with Crippen LogP contribution in [0.2, 0.25) is 0 Å². The van der Waals surface area contributed by atoms with Crippen LogP contribution in [0.15, 0.2) is 36.7 Å². The molecule has 0 saturated heterocycles. The molecule has 2 heterocycles. The highest BCUT2D eigenvalue weighted by Gasteiger charge is 2.17. The minimum atomic E-state index is 0.357. The monoisotopic (exact) mass is 265 g/mol. The Balaban J connectivity index is 2.38. The normalized spacial score (nSPS) is 10.4. The number of pyridine rings is 1. The molecule has 0 radical (unpaired) electrons. The molecule has 0 aliphatic rings. The van der Waals surface area contributed by atoms with Crippen LogP contribution in [0.4, 0.5) is 0 Å². The van der Waals surface area contributed by atoms with Gasteiger partial charge in [-0.15, -0.1) is 5.10 Å². The second-order valence-electron chi connectivity index (χ2n) is 4.05. The molecule has 0 saturated carbocycles. The van der Waals surface area contributed by atoms with Gasteiger partial charge in [0.05, 0.1) is 24.5 Å². The van der Waals surface area contributed by atoms with E-state index in [9.17, 15) is 5.26 Å². The van der Waals surface area contributed by atoms with E-state index in [1.807, 2.05) is 31.2 Å². The lowest BCUT2D eigenvalue weighted by molar-refractivity contribution is 0.343. The molecule has 0 unspecified atom stereocenters. The molecule has 6 heteroatoms. The van der Waals surface area contributed by atoms with Crippen molar-refractivity contribution in [1.29, 1.82) is 5.26 Å². The number of ether oxygens (including phenoxy) is 1. The SMILES string of the molecule is CCOc1c(C#N)c(-n2ccnn2)nc2ccccc12. The van der Waals surface area contributed by atoms with Crippen molar-refractivity contribution < 1.29 is 4.74 Å². The second-order valence-corrected chi connectivity index (χ2v) is 4.05. The number of hydrogen-bond donors (Lipinski definition) is 0. The van der Waals surface area contributed by atoms with Crippen molar-refractivity contribution in [2.75, 3.05) is 6.61 Å². The lowest BCUT2D eigenvalue weighted by Crippen LogP contribution is -2.06. The van der Waals surface area contributed by atoms with Crippen molar-refractivity contribution in [2.24, 2.45) is 0 Å². The third-order valence-electron chi connectivity index (χ3n) is 2.87. The van der Waals surface area contributed by atoms with E-state index < -0.39 is 0 Å². The number of rotatable bonds is 3. The molecule has 20 heavy (non-hydrogen) atoms. The minimum absolute atomic E-state index is 0.357. The molecule has 0 spiro atoms. The van der Waals surface area contributed by atoms with Crippen molar-refractivity contribution in [1.82, 2.24) is 20.0 Å². The largest absolute Gasteiger partial charge is 0.492 e. The quantitative estimate of drug-likeness (QED) is 0.724. The van der Waals surface area contributed by atoms with Gasteiger partial charge in [-0.1, -0.05) is 17.3 Å². The fourth-order valence-electron chi connectivity index (χ4n) is 2.05. The molecular weight excluding hydrogens is 254 g/mol. The molecule has 0 aliphatic carbocycles. The standard InChI is InChI=1S/C14H11N5O/c1-2-20-13-10-5-3-4-6-12(10)17-14(11(13)9-15)19-8-7-16-18-19/h3-8H,2H2,1H3. The molecule has 98 valence electrons. The average Bonchev–Trinajstić information content (AvgIpc) is 3.01. The van der Waals surface area contributed by atoms with Crippen LogP contribution in [0.5, 0.6) is 5.75 Å². The van der Waals surface area contributed by atoms with Gasteiger partial charge in [0.25, 0.3) is 0 Å². The minimum Gasteiger partial charge on any atom is -0.492 e. The molecule has 6 nitrogen and oxygen atoms in total. The van der Waals surface area contributed by atoms with Gasteiger partial charge in [-0.25, -0.2) is 9.67 Å². The molecule has 3 rings (SSSR count). The highest BCUT2D eigenvalue weighted by Crippen LogP contribution is 2.31. The van der Waals surface area contributed by atoms with Crippen molar-refractivity contribution in [2.45, 2.75) is 6.92 Å². The molecule has 0 aliphatic heterocycles. The summed E-state index contributed by atoms with van der Waals surface area (Å²) in [5, 5.41) is 17.9. The molecule has 2 aromatic heterocycles. The first-order chi connectivity index (χ1) is 9.85. The molecule has 0 fully saturated rings. The Kier molecular flexibility index (Phi) is 3.01. The van der Waals surface area contributed by atoms with Gasteiger partial charge in [-0.05, 0) is 19.1 Å². The maximum absolute atomic E-state index is 9.45. The van der Waals surface area contributed by atoms with Crippen molar-refractivity contribution in [3.8, 4) is 17.6 Å². The van der Waals surface area contributed by atoms with E-state index in [0.29, 0.717) is 23.7 Å². The summed E-state index contributed by atoms with van der Waals surface area (Å²) in [5.74, 6) is 0.957. The van der Waals surface area contributed by atoms with Crippen LogP contribution in [0, 0.1) is 11.3 Å². The Morgan fingerprint density at radius 3 is 2.90 bits per heavy atom. The average molecular weight is 265 g/mol. The summed E-state index contributed by atoms with van der Waals surface area (Å²) in [6.45, 7) is 2.35. The first-order valence-corrected chi connectivity index (χ1v) is 6.17. The number of nitrogens with zero attached hydrogens (tertiary/aromatic N) is 5. The second kappa shape index (κ2) is 4.97. The van der Waals surface area contributed by atoms with E-state index in [4.69, 9.17) is 4.74 Å². The van der Waals surface area contributed by atoms with Gasteiger partial charge < -0.3 is 4.74 Å². The van der Waals surface area contributed by atoms with E-state index in [1.165, 1.54) is 4.68 Å². The van der Waals surface area contributed by atoms with Gasteiger partial charge in [0.1, 0.15) is 17.4 Å². The number of fused-ring (bicyclic) bond motifs is 1. The van der Waals surface area contributed by atoms with Crippen LogP contribution in [-0.4, -0.2) is 26.6 Å².